The van der Waals surface area contributed by atoms with Crippen molar-refractivity contribution in [3.8, 4) is 0 Å². The molecule has 1 aromatic rings. The monoisotopic (exact) mass is 248 g/mol. The Labute approximate surface area is 83.1 Å². The lowest BCUT2D eigenvalue weighted by atomic mass is 10.3. The van der Waals surface area contributed by atoms with Crippen molar-refractivity contribution in [3.63, 3.8) is 0 Å². The van der Waals surface area contributed by atoms with Crippen LogP contribution in [0.25, 0.3) is 0 Å². The second-order valence-corrected chi connectivity index (χ2v) is 3.31. The van der Waals surface area contributed by atoms with Crippen molar-refractivity contribution in [2.75, 3.05) is 6.61 Å². The van der Waals surface area contributed by atoms with Crippen molar-refractivity contribution in [3.05, 3.63) is 16.4 Å². The Balaban J connectivity index is 2.87. The van der Waals surface area contributed by atoms with Crippen LogP contribution in [0.15, 0.2) is 10.7 Å². The lowest BCUT2D eigenvalue weighted by Gasteiger charge is -2.03. The van der Waals surface area contributed by atoms with Crippen LogP contribution in [0.4, 0.5) is 0 Å². The molecule has 5 nitrogen and oxygen atoms in total. The highest BCUT2D eigenvalue weighted by atomic mass is 79.9. The Morgan fingerprint density at radius 1 is 1.69 bits per heavy atom. The molecule has 0 bridgehead atoms. The van der Waals surface area contributed by atoms with Gasteiger partial charge in [-0.3, -0.25) is 9.48 Å². The van der Waals surface area contributed by atoms with E-state index in [9.17, 15) is 4.79 Å². The maximum atomic E-state index is 10.5. The number of aliphatic hydroxyl groups excluding tert-OH is 1. The normalized spacial score (nSPS) is 10.3. The minimum atomic E-state index is -0.916. The van der Waals surface area contributed by atoms with Crippen LogP contribution >= 0.6 is 15.9 Å². The fourth-order valence-corrected chi connectivity index (χ4v) is 1.43. The first-order valence-corrected chi connectivity index (χ1v) is 4.47. The minimum Gasteiger partial charge on any atom is -0.481 e. The van der Waals surface area contributed by atoms with E-state index in [1.807, 2.05) is 0 Å². The van der Waals surface area contributed by atoms with Gasteiger partial charge in [0.05, 0.1) is 35.9 Å². The van der Waals surface area contributed by atoms with Gasteiger partial charge in [-0.1, -0.05) is 0 Å². The van der Waals surface area contributed by atoms with E-state index in [4.69, 9.17) is 10.2 Å². The van der Waals surface area contributed by atoms with Crippen molar-refractivity contribution in [2.45, 2.75) is 13.0 Å². The topological polar surface area (TPSA) is 75.3 Å². The summed E-state index contributed by atoms with van der Waals surface area (Å²) in [7, 11) is 0. The number of aromatic nitrogens is 2. The van der Waals surface area contributed by atoms with E-state index in [0.29, 0.717) is 16.7 Å². The SMILES string of the molecule is O=C(O)Cc1c(Br)cnn1CCO. The second kappa shape index (κ2) is 4.38. The summed E-state index contributed by atoms with van der Waals surface area (Å²) >= 11 is 3.19. The Bertz CT molecular complexity index is 311. The highest BCUT2D eigenvalue weighted by Gasteiger charge is 2.11. The molecule has 0 amide bonds. The third-order valence-electron chi connectivity index (χ3n) is 1.53. The Kier molecular flexibility index (Phi) is 3.44. The first kappa shape index (κ1) is 10.2. The molecule has 72 valence electrons. The fraction of sp³-hybridized carbons (Fsp3) is 0.429. The van der Waals surface area contributed by atoms with Crippen molar-refractivity contribution in [1.82, 2.24) is 9.78 Å². The van der Waals surface area contributed by atoms with E-state index < -0.39 is 5.97 Å². The van der Waals surface area contributed by atoms with Crippen LogP contribution in [0.3, 0.4) is 0 Å². The maximum absolute atomic E-state index is 10.5. The number of hydrogen-bond donors (Lipinski definition) is 2. The van der Waals surface area contributed by atoms with Crippen molar-refractivity contribution >= 4 is 21.9 Å². The van der Waals surface area contributed by atoms with Crippen LogP contribution in [-0.2, 0) is 17.8 Å². The molecule has 0 saturated heterocycles. The summed E-state index contributed by atoms with van der Waals surface area (Å²) in [4.78, 5) is 10.5. The predicted octanol–water partition coefficient (Wildman–Crippen LogP) is 0.265. The second-order valence-electron chi connectivity index (χ2n) is 2.46. The average Bonchev–Trinajstić information content (AvgIpc) is 2.36. The van der Waals surface area contributed by atoms with E-state index in [0.717, 1.165) is 0 Å². The number of carbonyl (C=O) groups is 1. The number of halogens is 1. The van der Waals surface area contributed by atoms with Crippen LogP contribution < -0.4 is 0 Å². The molecule has 2 N–H and O–H groups in total. The quantitative estimate of drug-likeness (QED) is 0.802. The summed E-state index contributed by atoms with van der Waals surface area (Å²) in [6, 6.07) is 0. The summed E-state index contributed by atoms with van der Waals surface area (Å²) in [5.41, 5.74) is 0.571. The molecule has 1 aromatic heterocycles. The van der Waals surface area contributed by atoms with Gasteiger partial charge in [-0.25, -0.2) is 0 Å². The lowest BCUT2D eigenvalue weighted by Crippen LogP contribution is -2.12. The highest BCUT2D eigenvalue weighted by Crippen LogP contribution is 2.16. The van der Waals surface area contributed by atoms with Gasteiger partial charge in [0.2, 0.25) is 0 Å². The number of hydrogen-bond acceptors (Lipinski definition) is 3. The molecule has 1 heterocycles. The smallest absolute Gasteiger partial charge is 0.309 e. The zero-order valence-electron chi connectivity index (χ0n) is 6.77. The largest absolute Gasteiger partial charge is 0.481 e. The van der Waals surface area contributed by atoms with Crippen molar-refractivity contribution < 1.29 is 15.0 Å². The lowest BCUT2D eigenvalue weighted by molar-refractivity contribution is -0.136. The van der Waals surface area contributed by atoms with Crippen LogP contribution in [0.2, 0.25) is 0 Å². The fourth-order valence-electron chi connectivity index (χ4n) is 0.994. The van der Waals surface area contributed by atoms with E-state index in [2.05, 4.69) is 21.0 Å². The van der Waals surface area contributed by atoms with E-state index in [-0.39, 0.29) is 13.0 Å². The Hall–Kier alpha value is -0.880. The third kappa shape index (κ3) is 2.53. The van der Waals surface area contributed by atoms with Crippen molar-refractivity contribution in [1.29, 1.82) is 0 Å². The highest BCUT2D eigenvalue weighted by molar-refractivity contribution is 9.10. The number of aliphatic hydroxyl groups is 1. The van der Waals surface area contributed by atoms with E-state index >= 15 is 0 Å². The van der Waals surface area contributed by atoms with Gasteiger partial charge in [0.25, 0.3) is 0 Å². The standard InChI is InChI=1S/C7H9BrN2O3/c8-5-4-9-10(1-2-11)6(5)3-7(12)13/h4,11H,1-3H2,(H,12,13). The van der Waals surface area contributed by atoms with Gasteiger partial charge in [-0.2, -0.15) is 5.10 Å². The van der Waals surface area contributed by atoms with Crippen molar-refractivity contribution in [2.24, 2.45) is 0 Å². The number of carboxylic acids is 1. The minimum absolute atomic E-state index is 0.0548. The molecule has 0 aliphatic carbocycles. The summed E-state index contributed by atoms with van der Waals surface area (Å²) in [6.45, 7) is 0.259. The van der Waals surface area contributed by atoms with Gasteiger partial charge >= 0.3 is 5.97 Å². The van der Waals surface area contributed by atoms with Crippen LogP contribution in [-0.4, -0.2) is 32.6 Å². The Morgan fingerprint density at radius 3 is 2.92 bits per heavy atom. The number of rotatable bonds is 4. The van der Waals surface area contributed by atoms with E-state index in [1.54, 1.807) is 0 Å². The third-order valence-corrected chi connectivity index (χ3v) is 2.19. The number of nitrogens with zero attached hydrogens (tertiary/aromatic N) is 2. The molecule has 0 fully saturated rings. The zero-order chi connectivity index (χ0) is 9.84. The van der Waals surface area contributed by atoms with Crippen LogP contribution in [0.1, 0.15) is 5.69 Å². The molecule has 6 heteroatoms. The average molecular weight is 249 g/mol. The van der Waals surface area contributed by atoms with Gasteiger partial charge in [-0.05, 0) is 15.9 Å². The van der Waals surface area contributed by atoms with Crippen LogP contribution in [0.5, 0.6) is 0 Å². The molecule has 0 saturated carbocycles. The molecule has 0 aliphatic heterocycles. The van der Waals surface area contributed by atoms with Gasteiger partial charge < -0.3 is 10.2 Å². The molecular formula is C7H9BrN2O3. The summed E-state index contributed by atoms with van der Waals surface area (Å²) in [6.07, 6.45) is 1.43. The van der Waals surface area contributed by atoms with Gasteiger partial charge in [-0.15, -0.1) is 0 Å². The molecule has 0 atom stereocenters. The first-order chi connectivity index (χ1) is 6.15. The molecule has 0 aliphatic rings. The van der Waals surface area contributed by atoms with Gasteiger partial charge in [0, 0.05) is 0 Å². The molecule has 1 rings (SSSR count). The molecule has 0 unspecified atom stereocenters. The predicted molar refractivity (Wildman–Crippen MR) is 48.4 cm³/mol. The van der Waals surface area contributed by atoms with Gasteiger partial charge in [0.15, 0.2) is 0 Å². The molecule has 13 heavy (non-hydrogen) atoms. The first-order valence-electron chi connectivity index (χ1n) is 3.68. The van der Waals surface area contributed by atoms with E-state index in [1.165, 1.54) is 10.9 Å². The summed E-state index contributed by atoms with van der Waals surface area (Å²) in [5, 5.41) is 21.1. The number of aliphatic carboxylic acids is 1. The summed E-state index contributed by atoms with van der Waals surface area (Å²) in [5.74, 6) is -0.916. The maximum Gasteiger partial charge on any atom is 0.309 e. The number of carboxylic acid groups (broad SMARTS) is 1. The van der Waals surface area contributed by atoms with Gasteiger partial charge in [0.1, 0.15) is 0 Å². The summed E-state index contributed by atoms with van der Waals surface area (Å²) < 4.78 is 2.13. The molecule has 0 radical (unpaired) electrons. The Morgan fingerprint density at radius 2 is 2.38 bits per heavy atom. The molecule has 0 spiro atoms. The van der Waals surface area contributed by atoms with Crippen LogP contribution in [0, 0.1) is 0 Å². The zero-order valence-corrected chi connectivity index (χ0v) is 8.36. The molecular weight excluding hydrogens is 240 g/mol. The molecule has 0 aromatic carbocycles.